The van der Waals surface area contributed by atoms with Crippen molar-refractivity contribution in [3.05, 3.63) is 59.2 Å². The van der Waals surface area contributed by atoms with Gasteiger partial charge in [0.25, 0.3) is 0 Å². The van der Waals surface area contributed by atoms with Gasteiger partial charge >= 0.3 is 5.97 Å². The highest BCUT2D eigenvalue weighted by molar-refractivity contribution is 5.93. The van der Waals surface area contributed by atoms with Crippen LogP contribution in [-0.4, -0.2) is 34.1 Å². The van der Waals surface area contributed by atoms with Crippen LogP contribution in [0.2, 0.25) is 0 Å². The lowest BCUT2D eigenvalue weighted by Gasteiger charge is -2.10. The SMILES string of the molecule is CNC(=O)CCc1ccc2nc(-c3ccc(O)c(C(=O)O)c3)cc(C)c2c1. The Kier molecular flexibility index (Phi) is 5.07. The van der Waals surface area contributed by atoms with E-state index in [1.807, 2.05) is 31.2 Å². The number of hydrogen-bond donors (Lipinski definition) is 3. The molecule has 3 aromatic rings. The largest absolute Gasteiger partial charge is 0.507 e. The first-order valence-electron chi connectivity index (χ1n) is 8.56. The van der Waals surface area contributed by atoms with Crippen molar-refractivity contribution in [2.24, 2.45) is 0 Å². The molecule has 0 aliphatic carbocycles. The minimum Gasteiger partial charge on any atom is -0.507 e. The van der Waals surface area contributed by atoms with E-state index in [0.29, 0.717) is 24.1 Å². The van der Waals surface area contributed by atoms with Crippen molar-refractivity contribution in [1.82, 2.24) is 10.3 Å². The second-order valence-electron chi connectivity index (χ2n) is 6.39. The van der Waals surface area contributed by atoms with Crippen LogP contribution >= 0.6 is 0 Å². The van der Waals surface area contributed by atoms with Crippen molar-refractivity contribution < 1.29 is 19.8 Å². The summed E-state index contributed by atoms with van der Waals surface area (Å²) in [5, 5.41) is 22.5. The van der Waals surface area contributed by atoms with Gasteiger partial charge in [0.15, 0.2) is 0 Å². The van der Waals surface area contributed by atoms with Gasteiger partial charge in [0.2, 0.25) is 5.91 Å². The highest BCUT2D eigenvalue weighted by Crippen LogP contribution is 2.28. The number of carboxylic acids is 1. The van der Waals surface area contributed by atoms with E-state index < -0.39 is 5.97 Å². The maximum absolute atomic E-state index is 11.4. The van der Waals surface area contributed by atoms with E-state index in [2.05, 4.69) is 10.3 Å². The molecule has 1 aromatic heterocycles. The van der Waals surface area contributed by atoms with E-state index in [4.69, 9.17) is 0 Å². The molecule has 6 nitrogen and oxygen atoms in total. The fraction of sp³-hybridized carbons (Fsp3) is 0.190. The summed E-state index contributed by atoms with van der Waals surface area (Å²) in [7, 11) is 1.62. The van der Waals surface area contributed by atoms with E-state index in [9.17, 15) is 19.8 Å². The summed E-state index contributed by atoms with van der Waals surface area (Å²) >= 11 is 0. The fourth-order valence-corrected chi connectivity index (χ4v) is 2.99. The van der Waals surface area contributed by atoms with Crippen LogP contribution in [0.4, 0.5) is 0 Å². The molecule has 0 fully saturated rings. The zero-order chi connectivity index (χ0) is 19.6. The lowest BCUT2D eigenvalue weighted by molar-refractivity contribution is -0.120. The van der Waals surface area contributed by atoms with Crippen molar-refractivity contribution in [2.45, 2.75) is 19.8 Å². The number of aryl methyl sites for hydroxylation is 2. The summed E-state index contributed by atoms with van der Waals surface area (Å²) in [5.74, 6) is -1.46. The van der Waals surface area contributed by atoms with Crippen LogP contribution in [0.3, 0.4) is 0 Å². The van der Waals surface area contributed by atoms with Gasteiger partial charge in [-0.3, -0.25) is 4.79 Å². The Balaban J connectivity index is 1.99. The first kappa shape index (κ1) is 18.4. The molecule has 1 amide bonds. The second-order valence-corrected chi connectivity index (χ2v) is 6.39. The number of aromatic hydroxyl groups is 1. The van der Waals surface area contributed by atoms with Crippen LogP contribution < -0.4 is 5.32 Å². The van der Waals surface area contributed by atoms with E-state index >= 15 is 0 Å². The number of pyridine rings is 1. The lowest BCUT2D eigenvalue weighted by Crippen LogP contribution is -2.17. The Hall–Kier alpha value is -3.41. The molecule has 0 aliphatic heterocycles. The smallest absolute Gasteiger partial charge is 0.339 e. The highest BCUT2D eigenvalue weighted by atomic mass is 16.4. The number of benzene rings is 2. The zero-order valence-corrected chi connectivity index (χ0v) is 15.1. The summed E-state index contributed by atoms with van der Waals surface area (Å²) < 4.78 is 0. The zero-order valence-electron chi connectivity index (χ0n) is 15.1. The number of hydrogen-bond acceptors (Lipinski definition) is 4. The summed E-state index contributed by atoms with van der Waals surface area (Å²) in [6.07, 6.45) is 1.08. The molecule has 3 N–H and O–H groups in total. The molecule has 0 unspecified atom stereocenters. The molecule has 6 heteroatoms. The van der Waals surface area contributed by atoms with Crippen molar-refractivity contribution in [3.63, 3.8) is 0 Å². The third-order valence-corrected chi connectivity index (χ3v) is 4.52. The number of amides is 1. The van der Waals surface area contributed by atoms with Crippen molar-refractivity contribution in [2.75, 3.05) is 7.05 Å². The van der Waals surface area contributed by atoms with Gasteiger partial charge in [-0.1, -0.05) is 6.07 Å². The second kappa shape index (κ2) is 7.45. The molecule has 0 bridgehead atoms. The molecule has 2 aromatic carbocycles. The van der Waals surface area contributed by atoms with Crippen molar-refractivity contribution in [1.29, 1.82) is 0 Å². The monoisotopic (exact) mass is 364 g/mol. The number of fused-ring (bicyclic) bond motifs is 1. The Morgan fingerprint density at radius 1 is 1.11 bits per heavy atom. The molecule has 0 saturated carbocycles. The van der Waals surface area contributed by atoms with Crippen molar-refractivity contribution >= 4 is 22.8 Å². The number of nitrogens with zero attached hydrogens (tertiary/aromatic N) is 1. The van der Waals surface area contributed by atoms with E-state index in [-0.39, 0.29) is 17.2 Å². The third kappa shape index (κ3) is 3.89. The minimum absolute atomic E-state index is 0.00172. The molecule has 0 spiro atoms. The number of phenols is 1. The van der Waals surface area contributed by atoms with Crippen LogP contribution in [0, 0.1) is 6.92 Å². The van der Waals surface area contributed by atoms with Gasteiger partial charge in [-0.05, 0) is 60.9 Å². The van der Waals surface area contributed by atoms with Gasteiger partial charge in [0.05, 0.1) is 11.2 Å². The maximum atomic E-state index is 11.4. The van der Waals surface area contributed by atoms with Gasteiger partial charge in [0.1, 0.15) is 11.3 Å². The van der Waals surface area contributed by atoms with Gasteiger partial charge in [-0.25, -0.2) is 9.78 Å². The normalized spacial score (nSPS) is 10.7. The topological polar surface area (TPSA) is 99.5 Å². The average molecular weight is 364 g/mol. The predicted octanol–water partition coefficient (Wildman–Crippen LogP) is 3.29. The number of aromatic carboxylic acids is 1. The molecule has 138 valence electrons. The summed E-state index contributed by atoms with van der Waals surface area (Å²) in [4.78, 5) is 27.3. The Morgan fingerprint density at radius 3 is 2.59 bits per heavy atom. The number of rotatable bonds is 5. The Labute approximate surface area is 156 Å². The molecule has 0 atom stereocenters. The number of nitrogens with one attached hydrogen (secondary N) is 1. The molecule has 1 heterocycles. The van der Waals surface area contributed by atoms with Gasteiger partial charge in [0, 0.05) is 24.4 Å². The van der Waals surface area contributed by atoms with Gasteiger partial charge < -0.3 is 15.5 Å². The van der Waals surface area contributed by atoms with Crippen LogP contribution in [0.1, 0.15) is 27.9 Å². The molecular weight excluding hydrogens is 344 g/mol. The molecule has 27 heavy (non-hydrogen) atoms. The molecule has 0 radical (unpaired) electrons. The first-order chi connectivity index (χ1) is 12.9. The molecule has 0 aliphatic rings. The standard InChI is InChI=1S/C21H20N2O4/c1-12-9-18(14-5-7-19(24)16(11-14)21(26)27)23-17-6-3-13(10-15(12)17)4-8-20(25)22-2/h3,5-7,9-11,24H,4,8H2,1-2H3,(H,22,25)(H,26,27). The summed E-state index contributed by atoms with van der Waals surface area (Å²) in [5.41, 5.74) is 3.96. The Bertz CT molecular complexity index is 1040. The number of carboxylic acid groups (broad SMARTS) is 1. The van der Waals surface area contributed by atoms with E-state index in [1.165, 1.54) is 12.1 Å². The first-order valence-corrected chi connectivity index (χ1v) is 8.56. The number of carbonyl (C=O) groups is 2. The molecular formula is C21H20N2O4. The summed E-state index contributed by atoms with van der Waals surface area (Å²) in [6, 6.07) is 12.2. The van der Waals surface area contributed by atoms with Crippen LogP contribution in [0.15, 0.2) is 42.5 Å². The maximum Gasteiger partial charge on any atom is 0.339 e. The number of carbonyl (C=O) groups excluding carboxylic acids is 1. The van der Waals surface area contributed by atoms with Gasteiger partial charge in [-0.15, -0.1) is 0 Å². The van der Waals surface area contributed by atoms with Crippen molar-refractivity contribution in [3.8, 4) is 17.0 Å². The molecule has 3 rings (SSSR count). The van der Waals surface area contributed by atoms with E-state index in [0.717, 1.165) is 22.0 Å². The van der Waals surface area contributed by atoms with Crippen LogP contribution in [0.5, 0.6) is 5.75 Å². The third-order valence-electron chi connectivity index (χ3n) is 4.52. The summed E-state index contributed by atoms with van der Waals surface area (Å²) in [6.45, 7) is 1.97. The lowest BCUT2D eigenvalue weighted by atomic mass is 10.0. The average Bonchev–Trinajstić information content (AvgIpc) is 2.66. The fourth-order valence-electron chi connectivity index (χ4n) is 2.99. The molecule has 0 saturated heterocycles. The Morgan fingerprint density at radius 2 is 1.89 bits per heavy atom. The van der Waals surface area contributed by atoms with Gasteiger partial charge in [-0.2, -0.15) is 0 Å². The quantitative estimate of drug-likeness (QED) is 0.645. The highest BCUT2D eigenvalue weighted by Gasteiger charge is 2.13. The predicted molar refractivity (Wildman–Crippen MR) is 103 cm³/mol. The van der Waals surface area contributed by atoms with Crippen LogP contribution in [-0.2, 0) is 11.2 Å². The number of aromatic nitrogens is 1. The van der Waals surface area contributed by atoms with Crippen LogP contribution in [0.25, 0.3) is 22.2 Å². The minimum atomic E-state index is -1.19. The van der Waals surface area contributed by atoms with E-state index in [1.54, 1.807) is 13.1 Å².